The highest BCUT2D eigenvalue weighted by molar-refractivity contribution is 5.82. The Morgan fingerprint density at radius 3 is 2.28 bits per heavy atom. The zero-order valence-corrected chi connectivity index (χ0v) is 18.0. The maximum absolute atomic E-state index is 13.0. The minimum atomic E-state index is -0.0214. The number of carbonyl (C=O) groups excluding carboxylic acids is 1. The molecule has 1 saturated heterocycles. The smallest absolute Gasteiger partial charge is 0.237 e. The molecule has 4 saturated carbocycles. The Morgan fingerprint density at radius 2 is 1.66 bits per heavy atom. The molecule has 1 heterocycles. The third-order valence-electron chi connectivity index (χ3n) is 8.02. The summed E-state index contributed by atoms with van der Waals surface area (Å²) in [6, 6.07) is 11.9. The highest BCUT2D eigenvalue weighted by Gasteiger charge is 2.49. The average Bonchev–Trinajstić information content (AvgIpc) is 3.07. The number of rotatable bonds is 6. The second kappa shape index (κ2) is 8.03. The number of benzene rings is 1. The molecule has 1 aliphatic heterocycles. The maximum atomic E-state index is 13.0. The van der Waals surface area contributed by atoms with Crippen LogP contribution in [0.15, 0.2) is 30.3 Å². The van der Waals surface area contributed by atoms with Crippen LogP contribution >= 0.6 is 0 Å². The lowest BCUT2D eigenvalue weighted by Crippen LogP contribution is -2.57. The van der Waals surface area contributed by atoms with Crippen molar-refractivity contribution >= 4 is 5.91 Å². The summed E-state index contributed by atoms with van der Waals surface area (Å²) in [5.74, 6) is 4.00. The molecular weight excluding hydrogens is 358 g/mol. The second-order valence-corrected chi connectivity index (χ2v) is 10.6. The SMILES string of the molecule is CC(C)NC(=O)[C@@H]1C[C@@H](NC2C3CC4CC(C3)CC2C4)CN1Cc1ccccc1. The van der Waals surface area contributed by atoms with E-state index in [0.29, 0.717) is 12.1 Å². The van der Waals surface area contributed by atoms with Gasteiger partial charge in [-0.3, -0.25) is 9.69 Å². The number of amides is 1. The molecule has 1 aromatic rings. The van der Waals surface area contributed by atoms with Crippen molar-refractivity contribution in [3.05, 3.63) is 35.9 Å². The zero-order chi connectivity index (χ0) is 20.0. The molecule has 6 rings (SSSR count). The van der Waals surface area contributed by atoms with Crippen LogP contribution in [0, 0.1) is 23.7 Å². The first-order chi connectivity index (χ1) is 14.0. The average molecular weight is 396 g/mol. The number of likely N-dealkylation sites (tertiary alicyclic amines) is 1. The quantitative estimate of drug-likeness (QED) is 0.774. The van der Waals surface area contributed by atoms with Crippen LogP contribution in [0.25, 0.3) is 0 Å². The van der Waals surface area contributed by atoms with Crippen LogP contribution in [0.4, 0.5) is 0 Å². The molecule has 4 nitrogen and oxygen atoms in total. The highest BCUT2D eigenvalue weighted by Crippen LogP contribution is 2.53. The van der Waals surface area contributed by atoms with Gasteiger partial charge in [0.15, 0.2) is 0 Å². The lowest BCUT2D eigenvalue weighted by molar-refractivity contribution is -0.126. The molecule has 5 fully saturated rings. The molecule has 0 unspecified atom stereocenters. The molecular formula is C25H37N3O. The van der Waals surface area contributed by atoms with Crippen LogP contribution in [0.1, 0.15) is 57.9 Å². The molecule has 29 heavy (non-hydrogen) atoms. The summed E-state index contributed by atoms with van der Waals surface area (Å²) in [7, 11) is 0. The Labute approximate surface area is 175 Å². The molecule has 1 amide bonds. The third kappa shape index (κ3) is 4.11. The van der Waals surface area contributed by atoms with Gasteiger partial charge in [0.05, 0.1) is 6.04 Å². The van der Waals surface area contributed by atoms with Gasteiger partial charge in [-0.1, -0.05) is 30.3 Å². The van der Waals surface area contributed by atoms with E-state index in [9.17, 15) is 4.79 Å². The summed E-state index contributed by atoms with van der Waals surface area (Å²) in [6.45, 7) is 5.95. The van der Waals surface area contributed by atoms with Crippen molar-refractivity contribution < 1.29 is 4.79 Å². The summed E-state index contributed by atoms with van der Waals surface area (Å²) in [5, 5.41) is 7.26. The number of nitrogens with zero attached hydrogens (tertiary/aromatic N) is 1. The molecule has 0 radical (unpaired) electrons. The number of carbonyl (C=O) groups is 1. The van der Waals surface area contributed by atoms with Crippen LogP contribution in [-0.4, -0.2) is 41.5 Å². The Balaban J connectivity index is 1.27. The van der Waals surface area contributed by atoms with Crippen molar-refractivity contribution in [3.63, 3.8) is 0 Å². The van der Waals surface area contributed by atoms with E-state index < -0.39 is 0 Å². The first-order valence-corrected chi connectivity index (χ1v) is 11.9. The fraction of sp³-hybridized carbons (Fsp3) is 0.720. The van der Waals surface area contributed by atoms with Crippen LogP contribution < -0.4 is 10.6 Å². The lowest BCUT2D eigenvalue weighted by Gasteiger charge is -2.55. The van der Waals surface area contributed by atoms with Gasteiger partial charge in [0.2, 0.25) is 5.91 Å². The van der Waals surface area contributed by atoms with Crippen LogP contribution in [0.3, 0.4) is 0 Å². The molecule has 4 heteroatoms. The predicted octanol–water partition coefficient (Wildman–Crippen LogP) is 3.57. The summed E-state index contributed by atoms with van der Waals surface area (Å²) in [4.78, 5) is 15.4. The van der Waals surface area contributed by atoms with Crippen molar-refractivity contribution in [1.29, 1.82) is 0 Å². The minimum Gasteiger partial charge on any atom is -0.353 e. The minimum absolute atomic E-state index is 0.0214. The van der Waals surface area contributed by atoms with Gasteiger partial charge in [-0.05, 0) is 81.6 Å². The Bertz CT molecular complexity index is 690. The lowest BCUT2D eigenvalue weighted by atomic mass is 9.54. The molecule has 0 spiro atoms. The van der Waals surface area contributed by atoms with Crippen molar-refractivity contribution in [2.75, 3.05) is 6.54 Å². The van der Waals surface area contributed by atoms with Gasteiger partial charge in [0.1, 0.15) is 0 Å². The fourth-order valence-corrected chi connectivity index (χ4v) is 7.14. The Hall–Kier alpha value is -1.39. The van der Waals surface area contributed by atoms with Crippen molar-refractivity contribution in [2.45, 2.75) is 83.1 Å². The third-order valence-corrected chi connectivity index (χ3v) is 8.02. The van der Waals surface area contributed by atoms with Gasteiger partial charge in [-0.2, -0.15) is 0 Å². The van der Waals surface area contributed by atoms with E-state index in [0.717, 1.165) is 43.2 Å². The molecule has 158 valence electrons. The first-order valence-electron chi connectivity index (χ1n) is 11.9. The topological polar surface area (TPSA) is 44.4 Å². The molecule has 2 N–H and O–H groups in total. The summed E-state index contributed by atoms with van der Waals surface area (Å²) in [5.41, 5.74) is 1.30. The van der Waals surface area contributed by atoms with Crippen molar-refractivity contribution in [1.82, 2.24) is 15.5 Å². The second-order valence-electron chi connectivity index (χ2n) is 10.6. The van der Waals surface area contributed by atoms with Gasteiger partial charge >= 0.3 is 0 Å². The van der Waals surface area contributed by atoms with E-state index >= 15 is 0 Å². The molecule has 0 aromatic heterocycles. The molecule has 1 aromatic carbocycles. The van der Waals surface area contributed by atoms with Crippen LogP contribution in [0.2, 0.25) is 0 Å². The standard InChI is InChI=1S/C25H37N3O/c1-16(2)26-25(29)23-13-22(15-28(23)14-17-6-4-3-5-7-17)27-24-20-9-18-8-19(11-20)12-21(24)10-18/h3-7,16,18-24,27H,8-15H2,1-2H3,(H,26,29)/t18?,19?,20?,21?,22-,23+,24?/m1/s1. The fourth-order valence-electron chi connectivity index (χ4n) is 7.14. The maximum Gasteiger partial charge on any atom is 0.237 e. The summed E-state index contributed by atoms with van der Waals surface area (Å²) < 4.78 is 0. The molecule has 4 bridgehead atoms. The van der Waals surface area contributed by atoms with Crippen LogP contribution in [-0.2, 0) is 11.3 Å². The first kappa shape index (κ1) is 19.6. The monoisotopic (exact) mass is 395 g/mol. The van der Waals surface area contributed by atoms with Gasteiger partial charge in [0, 0.05) is 31.2 Å². The summed E-state index contributed by atoms with van der Waals surface area (Å²) in [6.07, 6.45) is 8.23. The van der Waals surface area contributed by atoms with Gasteiger partial charge in [0.25, 0.3) is 0 Å². The summed E-state index contributed by atoms with van der Waals surface area (Å²) >= 11 is 0. The van der Waals surface area contributed by atoms with Crippen LogP contribution in [0.5, 0.6) is 0 Å². The van der Waals surface area contributed by atoms with E-state index in [1.165, 1.54) is 37.7 Å². The molecule has 4 aliphatic carbocycles. The number of nitrogens with one attached hydrogen (secondary N) is 2. The molecule has 5 aliphatic rings. The largest absolute Gasteiger partial charge is 0.353 e. The van der Waals surface area contributed by atoms with E-state index in [4.69, 9.17) is 0 Å². The van der Waals surface area contributed by atoms with E-state index in [2.05, 4.69) is 59.7 Å². The number of hydrogen-bond donors (Lipinski definition) is 2. The normalized spacial score (nSPS) is 38.7. The van der Waals surface area contributed by atoms with E-state index in [-0.39, 0.29) is 18.0 Å². The van der Waals surface area contributed by atoms with Gasteiger partial charge in [-0.25, -0.2) is 0 Å². The highest BCUT2D eigenvalue weighted by atomic mass is 16.2. The Kier molecular flexibility index (Phi) is 5.42. The number of hydrogen-bond acceptors (Lipinski definition) is 3. The van der Waals surface area contributed by atoms with E-state index in [1.54, 1.807) is 0 Å². The van der Waals surface area contributed by atoms with Gasteiger partial charge in [-0.15, -0.1) is 0 Å². The van der Waals surface area contributed by atoms with Crippen molar-refractivity contribution in [3.8, 4) is 0 Å². The zero-order valence-electron chi connectivity index (χ0n) is 18.0. The van der Waals surface area contributed by atoms with Gasteiger partial charge < -0.3 is 10.6 Å². The van der Waals surface area contributed by atoms with E-state index in [1.807, 2.05) is 0 Å². The van der Waals surface area contributed by atoms with Crippen molar-refractivity contribution in [2.24, 2.45) is 23.7 Å². The molecule has 2 atom stereocenters. The predicted molar refractivity (Wildman–Crippen MR) is 116 cm³/mol. The Morgan fingerprint density at radius 1 is 1.00 bits per heavy atom.